The molecule has 1 saturated carbocycles. The maximum Gasteiger partial charge on any atom is 0.0693 e. The van der Waals surface area contributed by atoms with Crippen LogP contribution in [0, 0.1) is 0 Å². The quantitative estimate of drug-likeness (QED) is 0.830. The molecule has 2 nitrogen and oxygen atoms in total. The summed E-state index contributed by atoms with van der Waals surface area (Å²) in [6, 6.07) is 5.78. The van der Waals surface area contributed by atoms with Gasteiger partial charge in [-0.1, -0.05) is 11.6 Å². The summed E-state index contributed by atoms with van der Waals surface area (Å²) in [4.78, 5) is 1.15. The van der Waals surface area contributed by atoms with Crippen molar-refractivity contribution in [3.63, 3.8) is 0 Å². The molecule has 0 amide bonds. The first-order valence-electron chi connectivity index (χ1n) is 6.53. The first kappa shape index (κ1) is 12.6. The van der Waals surface area contributed by atoms with Crippen LogP contribution in [0.4, 0.5) is 5.69 Å². The van der Waals surface area contributed by atoms with Crippen molar-refractivity contribution in [3.8, 4) is 0 Å². The zero-order valence-electron chi connectivity index (χ0n) is 10.3. The standard InChI is InChI=1S/C14H18ClNOS/c15-10-2-3-13(12(16)8-10)18-11-4-7-17-14(9-11)5-1-6-14/h2-3,8,11H,1,4-7,9,16H2. The Balaban J connectivity index is 1.68. The third-order valence-corrected chi connectivity index (χ3v) is 5.57. The molecule has 18 heavy (non-hydrogen) atoms. The van der Waals surface area contributed by atoms with E-state index in [0.717, 1.165) is 23.6 Å². The van der Waals surface area contributed by atoms with Gasteiger partial charge in [0.05, 0.1) is 5.60 Å². The Labute approximate surface area is 117 Å². The molecule has 1 aromatic carbocycles. The van der Waals surface area contributed by atoms with Gasteiger partial charge in [-0.2, -0.15) is 0 Å². The van der Waals surface area contributed by atoms with E-state index in [0.29, 0.717) is 10.3 Å². The van der Waals surface area contributed by atoms with E-state index in [4.69, 9.17) is 22.1 Å². The minimum atomic E-state index is 0.205. The van der Waals surface area contributed by atoms with Gasteiger partial charge in [-0.3, -0.25) is 0 Å². The van der Waals surface area contributed by atoms with Gasteiger partial charge in [0, 0.05) is 27.5 Å². The molecule has 1 unspecified atom stereocenters. The number of nitrogens with two attached hydrogens (primary N) is 1. The molecule has 3 rings (SSSR count). The van der Waals surface area contributed by atoms with Gasteiger partial charge < -0.3 is 10.5 Å². The van der Waals surface area contributed by atoms with Crippen LogP contribution in [-0.4, -0.2) is 17.5 Å². The van der Waals surface area contributed by atoms with Crippen molar-refractivity contribution in [1.82, 2.24) is 0 Å². The largest absolute Gasteiger partial charge is 0.398 e. The molecule has 98 valence electrons. The molecular weight excluding hydrogens is 266 g/mol. The van der Waals surface area contributed by atoms with E-state index in [-0.39, 0.29) is 5.60 Å². The number of benzene rings is 1. The van der Waals surface area contributed by atoms with Crippen molar-refractivity contribution >= 4 is 29.1 Å². The number of halogens is 1. The Morgan fingerprint density at radius 1 is 1.39 bits per heavy atom. The summed E-state index contributed by atoms with van der Waals surface area (Å²) in [6.45, 7) is 0.894. The maximum atomic E-state index is 6.02. The van der Waals surface area contributed by atoms with Crippen LogP contribution in [0.1, 0.15) is 32.1 Å². The number of rotatable bonds is 2. The zero-order chi connectivity index (χ0) is 12.6. The van der Waals surface area contributed by atoms with E-state index in [1.165, 1.54) is 25.7 Å². The fraction of sp³-hybridized carbons (Fsp3) is 0.571. The van der Waals surface area contributed by atoms with Crippen LogP contribution in [-0.2, 0) is 4.74 Å². The molecule has 1 aliphatic heterocycles. The lowest BCUT2D eigenvalue weighted by atomic mass is 9.75. The highest BCUT2D eigenvalue weighted by molar-refractivity contribution is 8.00. The van der Waals surface area contributed by atoms with Crippen molar-refractivity contribution in [2.75, 3.05) is 12.3 Å². The molecule has 1 aromatic rings. The van der Waals surface area contributed by atoms with Gasteiger partial charge >= 0.3 is 0 Å². The first-order valence-corrected chi connectivity index (χ1v) is 7.78. The molecule has 2 aliphatic rings. The summed E-state index contributed by atoms with van der Waals surface area (Å²) in [5.41, 5.74) is 7.01. The minimum absolute atomic E-state index is 0.205. The van der Waals surface area contributed by atoms with Gasteiger partial charge in [0.1, 0.15) is 0 Å². The highest BCUT2D eigenvalue weighted by Gasteiger charge is 2.42. The molecule has 1 heterocycles. The van der Waals surface area contributed by atoms with Gasteiger partial charge in [0.25, 0.3) is 0 Å². The van der Waals surface area contributed by atoms with Crippen LogP contribution in [0.3, 0.4) is 0 Å². The fourth-order valence-corrected chi connectivity index (χ4v) is 4.29. The van der Waals surface area contributed by atoms with E-state index in [9.17, 15) is 0 Å². The molecule has 0 radical (unpaired) electrons. The van der Waals surface area contributed by atoms with E-state index < -0.39 is 0 Å². The minimum Gasteiger partial charge on any atom is -0.398 e. The Morgan fingerprint density at radius 3 is 2.89 bits per heavy atom. The normalized spacial score (nSPS) is 25.9. The number of thioether (sulfide) groups is 1. The predicted molar refractivity (Wildman–Crippen MR) is 77.3 cm³/mol. The van der Waals surface area contributed by atoms with Gasteiger partial charge in [-0.25, -0.2) is 0 Å². The van der Waals surface area contributed by atoms with Gasteiger partial charge in [0.15, 0.2) is 0 Å². The Bertz CT molecular complexity index is 447. The van der Waals surface area contributed by atoms with E-state index in [1.807, 2.05) is 30.0 Å². The van der Waals surface area contributed by atoms with Crippen LogP contribution in [0.2, 0.25) is 5.02 Å². The van der Waals surface area contributed by atoms with Gasteiger partial charge in [-0.05, 0) is 50.3 Å². The van der Waals surface area contributed by atoms with Crippen molar-refractivity contribution in [3.05, 3.63) is 23.2 Å². The van der Waals surface area contributed by atoms with E-state index in [1.54, 1.807) is 0 Å². The first-order chi connectivity index (χ1) is 8.67. The average Bonchev–Trinajstić information content (AvgIpc) is 2.31. The fourth-order valence-electron chi connectivity index (χ4n) is 2.81. The Hall–Kier alpha value is -0.380. The summed E-state index contributed by atoms with van der Waals surface area (Å²) in [5, 5.41) is 1.34. The second-order valence-corrected chi connectivity index (χ2v) is 7.08. The average molecular weight is 284 g/mol. The second-order valence-electron chi connectivity index (χ2n) is 5.30. The second kappa shape index (κ2) is 4.95. The summed E-state index contributed by atoms with van der Waals surface area (Å²) in [5.74, 6) is 0. The molecule has 2 N–H and O–H groups in total. The SMILES string of the molecule is Nc1cc(Cl)ccc1SC1CCOC2(CCC2)C1. The molecule has 1 aliphatic carbocycles. The topological polar surface area (TPSA) is 35.2 Å². The molecule has 1 spiro atoms. The number of nitrogen functional groups attached to an aromatic ring is 1. The van der Waals surface area contributed by atoms with Crippen molar-refractivity contribution in [1.29, 1.82) is 0 Å². The van der Waals surface area contributed by atoms with E-state index in [2.05, 4.69) is 0 Å². The van der Waals surface area contributed by atoms with Crippen molar-refractivity contribution in [2.45, 2.75) is 47.9 Å². The van der Waals surface area contributed by atoms with Crippen LogP contribution >= 0.6 is 23.4 Å². The molecule has 1 saturated heterocycles. The highest BCUT2D eigenvalue weighted by Crippen LogP contribution is 2.46. The zero-order valence-corrected chi connectivity index (χ0v) is 11.9. The lowest BCUT2D eigenvalue weighted by Crippen LogP contribution is -2.46. The van der Waals surface area contributed by atoms with E-state index >= 15 is 0 Å². The smallest absolute Gasteiger partial charge is 0.0693 e. The lowest BCUT2D eigenvalue weighted by molar-refractivity contribution is -0.125. The highest BCUT2D eigenvalue weighted by atomic mass is 35.5. The lowest BCUT2D eigenvalue weighted by Gasteiger charge is -2.47. The number of ether oxygens (including phenoxy) is 1. The molecule has 0 bridgehead atoms. The summed E-state index contributed by atoms with van der Waals surface area (Å²) in [6.07, 6.45) is 6.08. The monoisotopic (exact) mass is 283 g/mol. The number of hydrogen-bond donors (Lipinski definition) is 1. The summed E-state index contributed by atoms with van der Waals surface area (Å²) in [7, 11) is 0. The summed E-state index contributed by atoms with van der Waals surface area (Å²) >= 11 is 7.82. The predicted octanol–water partition coefficient (Wildman–Crippen LogP) is 4.12. The molecule has 1 atom stereocenters. The van der Waals surface area contributed by atoms with Crippen LogP contribution < -0.4 is 5.73 Å². The Morgan fingerprint density at radius 2 is 2.22 bits per heavy atom. The number of anilines is 1. The summed E-state index contributed by atoms with van der Waals surface area (Å²) < 4.78 is 5.95. The third-order valence-electron chi connectivity index (χ3n) is 3.98. The van der Waals surface area contributed by atoms with Crippen LogP contribution in [0.15, 0.2) is 23.1 Å². The van der Waals surface area contributed by atoms with Crippen molar-refractivity contribution in [2.24, 2.45) is 0 Å². The van der Waals surface area contributed by atoms with Crippen molar-refractivity contribution < 1.29 is 4.74 Å². The van der Waals surface area contributed by atoms with Crippen LogP contribution in [0.5, 0.6) is 0 Å². The maximum absolute atomic E-state index is 6.02. The van der Waals surface area contributed by atoms with Gasteiger partial charge in [-0.15, -0.1) is 11.8 Å². The van der Waals surface area contributed by atoms with Gasteiger partial charge in [0.2, 0.25) is 0 Å². The number of hydrogen-bond acceptors (Lipinski definition) is 3. The molecule has 2 fully saturated rings. The molecule has 0 aromatic heterocycles. The van der Waals surface area contributed by atoms with Crippen LogP contribution in [0.25, 0.3) is 0 Å². The Kier molecular flexibility index (Phi) is 3.48. The third kappa shape index (κ3) is 2.49. The molecule has 4 heteroatoms. The molecular formula is C14H18ClNOS.